The molecule has 7 nitrogen and oxygen atoms in total. The molecule has 0 amide bonds. The molecule has 3 aromatic carbocycles. The Hall–Kier alpha value is -4.26. The Morgan fingerprint density at radius 2 is 1.48 bits per heavy atom. The van der Waals surface area contributed by atoms with Crippen molar-refractivity contribution in [3.63, 3.8) is 0 Å². The van der Waals surface area contributed by atoms with Gasteiger partial charge in [0.25, 0.3) is 0 Å². The predicted octanol–water partition coefficient (Wildman–Crippen LogP) is 5.01. The van der Waals surface area contributed by atoms with Crippen LogP contribution in [0.15, 0.2) is 69.9 Å². The second-order valence-corrected chi connectivity index (χ2v) is 7.21. The van der Waals surface area contributed by atoms with Crippen LogP contribution in [-0.2, 0) is 0 Å². The molecule has 0 atom stereocenters. The van der Waals surface area contributed by atoms with Gasteiger partial charge in [-0.2, -0.15) is 0 Å². The third-order valence-electron chi connectivity index (χ3n) is 5.30. The van der Waals surface area contributed by atoms with E-state index in [0.717, 1.165) is 16.5 Å². The van der Waals surface area contributed by atoms with Crippen LogP contribution in [0.3, 0.4) is 0 Å². The van der Waals surface area contributed by atoms with Crippen molar-refractivity contribution in [2.24, 2.45) is 0 Å². The Bertz CT molecular complexity index is 1360. The number of fused-ring (bicyclic) bond motifs is 1. The van der Waals surface area contributed by atoms with Crippen molar-refractivity contribution in [2.75, 3.05) is 21.3 Å². The van der Waals surface area contributed by atoms with E-state index in [2.05, 4.69) is 0 Å². The summed E-state index contributed by atoms with van der Waals surface area (Å²) in [4.78, 5) is 25.2. The largest absolute Gasteiger partial charge is 0.493 e. The lowest BCUT2D eigenvalue weighted by Crippen LogP contribution is -2.11. The summed E-state index contributed by atoms with van der Waals surface area (Å²) in [5, 5.41) is 0.742. The van der Waals surface area contributed by atoms with Gasteiger partial charge in [-0.25, -0.2) is 9.59 Å². The zero-order valence-electron chi connectivity index (χ0n) is 18.6. The number of rotatable bonds is 6. The van der Waals surface area contributed by atoms with Crippen LogP contribution in [0.2, 0.25) is 0 Å². The van der Waals surface area contributed by atoms with Gasteiger partial charge in [-0.05, 0) is 42.3 Å². The minimum absolute atomic E-state index is 0.212. The van der Waals surface area contributed by atoms with Crippen molar-refractivity contribution in [1.29, 1.82) is 0 Å². The van der Waals surface area contributed by atoms with Gasteiger partial charge in [-0.3, -0.25) is 0 Å². The van der Waals surface area contributed by atoms with Crippen LogP contribution in [0.4, 0.5) is 0 Å². The lowest BCUT2D eigenvalue weighted by Gasteiger charge is -2.14. The van der Waals surface area contributed by atoms with Crippen LogP contribution in [0.1, 0.15) is 15.9 Å². The summed E-state index contributed by atoms with van der Waals surface area (Å²) in [6.45, 7) is 1.73. The Kier molecular flexibility index (Phi) is 6.04. The van der Waals surface area contributed by atoms with E-state index in [1.54, 1.807) is 19.1 Å². The topological polar surface area (TPSA) is 84.2 Å². The first-order valence-electron chi connectivity index (χ1n) is 10.1. The molecular weight excluding hydrogens is 424 g/mol. The number of methoxy groups -OCH3 is 3. The van der Waals surface area contributed by atoms with E-state index >= 15 is 0 Å². The maximum Gasteiger partial charge on any atom is 0.343 e. The average Bonchev–Trinajstić information content (AvgIpc) is 2.85. The van der Waals surface area contributed by atoms with Crippen LogP contribution in [0.25, 0.3) is 22.1 Å². The van der Waals surface area contributed by atoms with E-state index in [0.29, 0.717) is 28.4 Å². The van der Waals surface area contributed by atoms with Gasteiger partial charge < -0.3 is 23.4 Å². The molecule has 0 bridgehead atoms. The smallest absolute Gasteiger partial charge is 0.343 e. The SMILES string of the molecule is COc1cc(C(=O)Oc2ccc3c(-c4ccccc4)cc(=O)oc3c2C)cc(OC)c1OC. The molecule has 0 spiro atoms. The fraction of sp³-hybridized carbons (Fsp3) is 0.154. The standard InChI is InChI=1S/C26H22O7/c1-15-20(32-26(28)17-12-21(29-2)25(31-4)22(13-17)30-3)11-10-18-19(14-23(27)33-24(15)18)16-8-6-5-7-9-16/h5-14H,1-4H3. The van der Waals surface area contributed by atoms with Gasteiger partial charge in [0.15, 0.2) is 11.5 Å². The van der Waals surface area contributed by atoms with E-state index in [4.69, 9.17) is 23.4 Å². The first kappa shape index (κ1) is 22.0. The summed E-state index contributed by atoms with van der Waals surface area (Å²) in [7, 11) is 4.41. The summed E-state index contributed by atoms with van der Waals surface area (Å²) in [5.41, 5.74) is 2.24. The molecule has 33 heavy (non-hydrogen) atoms. The van der Waals surface area contributed by atoms with E-state index in [1.807, 2.05) is 30.3 Å². The van der Waals surface area contributed by atoms with Crippen LogP contribution < -0.4 is 24.6 Å². The molecule has 0 saturated carbocycles. The van der Waals surface area contributed by atoms with Crippen LogP contribution in [0.5, 0.6) is 23.0 Å². The summed E-state index contributed by atoms with van der Waals surface area (Å²) in [6.07, 6.45) is 0. The van der Waals surface area contributed by atoms with Gasteiger partial charge in [-0.15, -0.1) is 0 Å². The van der Waals surface area contributed by atoms with Crippen LogP contribution in [-0.4, -0.2) is 27.3 Å². The quantitative estimate of drug-likeness (QED) is 0.234. The summed E-state index contributed by atoms with van der Waals surface area (Å²) in [6, 6.07) is 17.5. The highest BCUT2D eigenvalue weighted by molar-refractivity contribution is 5.97. The molecule has 0 unspecified atom stereocenters. The number of carbonyl (C=O) groups excluding carboxylic acids is 1. The van der Waals surface area contributed by atoms with Gasteiger partial charge >= 0.3 is 11.6 Å². The number of hydrogen-bond acceptors (Lipinski definition) is 7. The number of ether oxygens (including phenoxy) is 4. The highest BCUT2D eigenvalue weighted by Gasteiger charge is 2.20. The Morgan fingerprint density at radius 3 is 2.09 bits per heavy atom. The molecule has 0 N–H and O–H groups in total. The first-order chi connectivity index (χ1) is 16.0. The minimum Gasteiger partial charge on any atom is -0.493 e. The number of aryl methyl sites for hydroxylation is 1. The van der Waals surface area contributed by atoms with Crippen molar-refractivity contribution in [3.05, 3.63) is 82.2 Å². The molecule has 0 aliphatic heterocycles. The van der Waals surface area contributed by atoms with Crippen molar-refractivity contribution in [1.82, 2.24) is 0 Å². The first-order valence-corrected chi connectivity index (χ1v) is 10.1. The molecule has 0 saturated heterocycles. The highest BCUT2D eigenvalue weighted by Crippen LogP contribution is 2.39. The number of esters is 1. The van der Waals surface area contributed by atoms with Crippen molar-refractivity contribution in [2.45, 2.75) is 6.92 Å². The fourth-order valence-electron chi connectivity index (χ4n) is 3.67. The molecule has 1 heterocycles. The third kappa shape index (κ3) is 4.13. The highest BCUT2D eigenvalue weighted by atomic mass is 16.5. The third-order valence-corrected chi connectivity index (χ3v) is 5.30. The average molecular weight is 446 g/mol. The molecule has 7 heteroatoms. The second kappa shape index (κ2) is 9.08. The number of benzene rings is 3. The predicted molar refractivity (Wildman–Crippen MR) is 124 cm³/mol. The van der Waals surface area contributed by atoms with Gasteiger partial charge in [0.1, 0.15) is 11.3 Å². The second-order valence-electron chi connectivity index (χ2n) is 7.21. The van der Waals surface area contributed by atoms with Gasteiger partial charge in [0.05, 0.1) is 26.9 Å². The van der Waals surface area contributed by atoms with Crippen molar-refractivity contribution in [3.8, 4) is 34.1 Å². The van der Waals surface area contributed by atoms with Gasteiger partial charge in [0.2, 0.25) is 5.75 Å². The fourth-order valence-corrected chi connectivity index (χ4v) is 3.67. The van der Waals surface area contributed by atoms with E-state index in [-0.39, 0.29) is 11.3 Å². The maximum atomic E-state index is 12.9. The van der Waals surface area contributed by atoms with E-state index < -0.39 is 11.6 Å². The minimum atomic E-state index is -0.627. The van der Waals surface area contributed by atoms with E-state index in [1.165, 1.54) is 39.5 Å². The zero-order chi connectivity index (χ0) is 23.5. The van der Waals surface area contributed by atoms with Crippen molar-refractivity contribution < 1.29 is 28.2 Å². The van der Waals surface area contributed by atoms with Crippen molar-refractivity contribution >= 4 is 16.9 Å². The normalized spacial score (nSPS) is 10.7. The summed E-state index contributed by atoms with van der Waals surface area (Å²) >= 11 is 0. The molecule has 168 valence electrons. The molecule has 1 aromatic heterocycles. The molecule has 0 fully saturated rings. The molecule has 4 aromatic rings. The summed E-state index contributed by atoms with van der Waals surface area (Å²) < 4.78 is 27.0. The van der Waals surface area contributed by atoms with Crippen LogP contribution in [0, 0.1) is 6.92 Å². The Morgan fingerprint density at radius 1 is 0.818 bits per heavy atom. The number of hydrogen-bond donors (Lipinski definition) is 0. The lowest BCUT2D eigenvalue weighted by molar-refractivity contribution is 0.0732. The lowest BCUT2D eigenvalue weighted by atomic mass is 10.0. The van der Waals surface area contributed by atoms with E-state index in [9.17, 15) is 9.59 Å². The van der Waals surface area contributed by atoms with Crippen LogP contribution >= 0.6 is 0 Å². The van der Waals surface area contributed by atoms with Gasteiger partial charge in [-0.1, -0.05) is 30.3 Å². The molecular formula is C26H22O7. The number of carbonyl (C=O) groups is 1. The summed E-state index contributed by atoms with van der Waals surface area (Å²) in [5.74, 6) is 0.677. The Labute approximate surface area is 190 Å². The Balaban J connectivity index is 1.75. The molecule has 0 radical (unpaired) electrons. The van der Waals surface area contributed by atoms with Gasteiger partial charge in [0, 0.05) is 17.0 Å². The monoisotopic (exact) mass is 446 g/mol. The molecule has 0 aliphatic rings. The molecule has 0 aliphatic carbocycles. The molecule has 4 rings (SSSR count). The zero-order valence-corrected chi connectivity index (χ0v) is 18.6. The maximum absolute atomic E-state index is 12.9.